The highest BCUT2D eigenvalue weighted by molar-refractivity contribution is 8.13. The van der Waals surface area contributed by atoms with Gasteiger partial charge in [-0.15, -0.1) is 0 Å². The van der Waals surface area contributed by atoms with E-state index in [1.54, 1.807) is 30.0 Å². The van der Waals surface area contributed by atoms with Crippen molar-refractivity contribution < 1.29 is 4.92 Å². The van der Waals surface area contributed by atoms with Crippen LogP contribution in [0, 0.1) is 10.1 Å². The van der Waals surface area contributed by atoms with Crippen LogP contribution in [0.15, 0.2) is 29.3 Å². The van der Waals surface area contributed by atoms with E-state index in [9.17, 15) is 10.1 Å². The molecule has 0 saturated heterocycles. The van der Waals surface area contributed by atoms with Gasteiger partial charge >= 0.3 is 0 Å². The molecule has 1 aromatic carbocycles. The number of non-ortho nitro benzene ring substituents is 1. The predicted molar refractivity (Wildman–Crippen MR) is 109 cm³/mol. The number of nitrogens with one attached hydrogen (secondary N) is 1. The normalized spacial score (nSPS) is 20.1. The van der Waals surface area contributed by atoms with Crippen LogP contribution in [0.5, 0.6) is 0 Å². The number of hydrogen-bond acceptors (Lipinski definition) is 4. The fourth-order valence-corrected chi connectivity index (χ4v) is 4.78. The Morgan fingerprint density at radius 2 is 1.81 bits per heavy atom. The largest absolute Gasteiger partial charge is 0.362 e. The molecule has 26 heavy (non-hydrogen) atoms. The summed E-state index contributed by atoms with van der Waals surface area (Å²) in [5.41, 5.74) is 1.14. The zero-order valence-electron chi connectivity index (χ0n) is 15.4. The van der Waals surface area contributed by atoms with Crippen LogP contribution in [0.1, 0.15) is 69.8 Å². The summed E-state index contributed by atoms with van der Waals surface area (Å²) < 4.78 is 0. The molecule has 0 unspecified atom stereocenters. The Morgan fingerprint density at radius 3 is 2.50 bits per heavy atom. The molecule has 3 rings (SSSR count). The second-order valence-corrected chi connectivity index (χ2v) is 8.39. The van der Waals surface area contributed by atoms with Gasteiger partial charge in [-0.25, -0.2) is 0 Å². The standard InChI is InChI=1S/C20H29N3O2S/c24-23(25)19-13-7-8-16(14-19)15-26-20(21-17-9-3-1-4-10-17)22-18-11-5-2-6-12-18/h7-8,13-14,17-18H,1-6,9-12,15H2,(H,21,22). The number of hydrogen-bond donors (Lipinski definition) is 1. The van der Waals surface area contributed by atoms with E-state index in [2.05, 4.69) is 5.32 Å². The van der Waals surface area contributed by atoms with Gasteiger partial charge in [0.2, 0.25) is 0 Å². The van der Waals surface area contributed by atoms with Crippen LogP contribution in [0.3, 0.4) is 0 Å². The number of nitro benzene ring substituents is 1. The molecule has 0 atom stereocenters. The number of thioether (sulfide) groups is 1. The zero-order chi connectivity index (χ0) is 18.2. The van der Waals surface area contributed by atoms with Gasteiger partial charge in [-0.3, -0.25) is 15.1 Å². The number of aliphatic imine (C=N–C) groups is 1. The quantitative estimate of drug-likeness (QED) is 0.322. The smallest absolute Gasteiger partial charge is 0.269 e. The molecule has 0 aliphatic heterocycles. The van der Waals surface area contributed by atoms with Crippen LogP contribution in [0.2, 0.25) is 0 Å². The average Bonchev–Trinajstić information content (AvgIpc) is 2.68. The Hall–Kier alpha value is -1.56. The van der Waals surface area contributed by atoms with Gasteiger partial charge in [-0.2, -0.15) is 0 Å². The lowest BCUT2D eigenvalue weighted by molar-refractivity contribution is -0.384. The number of nitro groups is 1. The number of rotatable bonds is 5. The minimum Gasteiger partial charge on any atom is -0.362 e. The molecular formula is C20H29N3O2S. The van der Waals surface area contributed by atoms with E-state index in [0.29, 0.717) is 17.8 Å². The van der Waals surface area contributed by atoms with Gasteiger partial charge in [-0.1, -0.05) is 62.4 Å². The number of benzene rings is 1. The summed E-state index contributed by atoms with van der Waals surface area (Å²) in [6, 6.07) is 7.91. The summed E-state index contributed by atoms with van der Waals surface area (Å²) in [7, 11) is 0. The third kappa shape index (κ3) is 6.01. The van der Waals surface area contributed by atoms with E-state index in [-0.39, 0.29) is 10.6 Å². The van der Waals surface area contributed by atoms with E-state index < -0.39 is 0 Å². The van der Waals surface area contributed by atoms with Gasteiger partial charge in [0.25, 0.3) is 5.69 Å². The van der Waals surface area contributed by atoms with Crippen LogP contribution in [0.25, 0.3) is 0 Å². The Bertz CT molecular complexity index is 623. The predicted octanol–water partition coefficient (Wildman–Crippen LogP) is 5.44. The van der Waals surface area contributed by atoms with E-state index in [0.717, 1.165) is 10.7 Å². The van der Waals surface area contributed by atoms with Crippen LogP contribution in [-0.2, 0) is 5.75 Å². The minimum atomic E-state index is -0.328. The molecule has 6 heteroatoms. The summed E-state index contributed by atoms with van der Waals surface area (Å²) in [5.74, 6) is 0.715. The second-order valence-electron chi connectivity index (χ2n) is 7.42. The van der Waals surface area contributed by atoms with Crippen molar-refractivity contribution in [3.63, 3.8) is 0 Å². The lowest BCUT2D eigenvalue weighted by Gasteiger charge is -2.26. The first-order chi connectivity index (χ1) is 12.7. The highest BCUT2D eigenvalue weighted by Gasteiger charge is 2.18. The molecule has 5 nitrogen and oxygen atoms in total. The third-order valence-corrected chi connectivity index (χ3v) is 6.28. The number of amidine groups is 1. The SMILES string of the molecule is O=[N+]([O-])c1cccc(CSC(=NC2CCCCC2)NC2CCCCC2)c1. The molecule has 1 N–H and O–H groups in total. The van der Waals surface area contributed by atoms with Gasteiger partial charge in [-0.05, 0) is 31.2 Å². The molecular weight excluding hydrogens is 346 g/mol. The molecule has 0 radical (unpaired) electrons. The summed E-state index contributed by atoms with van der Waals surface area (Å²) in [4.78, 5) is 15.7. The topological polar surface area (TPSA) is 67.5 Å². The van der Waals surface area contributed by atoms with E-state index >= 15 is 0 Å². The number of nitrogens with zero attached hydrogens (tertiary/aromatic N) is 2. The van der Waals surface area contributed by atoms with Crippen LogP contribution >= 0.6 is 11.8 Å². The fourth-order valence-electron chi connectivity index (χ4n) is 3.83. The molecule has 2 fully saturated rings. The monoisotopic (exact) mass is 375 g/mol. The van der Waals surface area contributed by atoms with Gasteiger partial charge in [0.15, 0.2) is 5.17 Å². The molecule has 2 aliphatic carbocycles. The van der Waals surface area contributed by atoms with Gasteiger partial charge in [0.1, 0.15) is 0 Å². The van der Waals surface area contributed by atoms with Gasteiger partial charge < -0.3 is 5.32 Å². The van der Waals surface area contributed by atoms with Gasteiger partial charge in [0.05, 0.1) is 11.0 Å². The summed E-state index contributed by atoms with van der Waals surface area (Å²) in [5, 5.41) is 15.7. The molecule has 0 spiro atoms. The van der Waals surface area contributed by atoms with Crippen molar-refractivity contribution in [2.45, 2.75) is 82.0 Å². The van der Waals surface area contributed by atoms with E-state index in [4.69, 9.17) is 4.99 Å². The van der Waals surface area contributed by atoms with Crippen LogP contribution < -0.4 is 5.32 Å². The summed E-state index contributed by atoms with van der Waals surface area (Å²) >= 11 is 1.70. The first-order valence-electron chi connectivity index (χ1n) is 9.91. The maximum Gasteiger partial charge on any atom is 0.269 e. The van der Waals surface area contributed by atoms with Crippen molar-refractivity contribution in [3.8, 4) is 0 Å². The average molecular weight is 376 g/mol. The Labute approximate surface area is 160 Å². The van der Waals surface area contributed by atoms with Crippen molar-refractivity contribution >= 4 is 22.6 Å². The fraction of sp³-hybridized carbons (Fsp3) is 0.650. The van der Waals surface area contributed by atoms with Gasteiger partial charge in [0, 0.05) is 23.9 Å². The lowest BCUT2D eigenvalue weighted by atomic mass is 9.95. The molecule has 0 amide bonds. The molecule has 0 heterocycles. The van der Waals surface area contributed by atoms with E-state index in [1.807, 2.05) is 6.07 Å². The summed E-state index contributed by atoms with van der Waals surface area (Å²) in [6.07, 6.45) is 12.6. The van der Waals surface area contributed by atoms with Crippen molar-refractivity contribution in [1.82, 2.24) is 5.32 Å². The van der Waals surface area contributed by atoms with Crippen molar-refractivity contribution in [3.05, 3.63) is 39.9 Å². The molecule has 0 aromatic heterocycles. The molecule has 1 aromatic rings. The first kappa shape index (κ1) is 19.2. The molecule has 142 valence electrons. The molecule has 0 bridgehead atoms. The van der Waals surface area contributed by atoms with Crippen molar-refractivity contribution in [1.29, 1.82) is 0 Å². The lowest BCUT2D eigenvalue weighted by Crippen LogP contribution is -2.35. The summed E-state index contributed by atoms with van der Waals surface area (Å²) in [6.45, 7) is 0. The third-order valence-electron chi connectivity index (χ3n) is 5.30. The minimum absolute atomic E-state index is 0.161. The Kier molecular flexibility index (Phi) is 7.35. The first-order valence-corrected chi connectivity index (χ1v) is 10.9. The zero-order valence-corrected chi connectivity index (χ0v) is 16.2. The maximum absolute atomic E-state index is 11.0. The molecule has 2 aliphatic rings. The van der Waals surface area contributed by atoms with Crippen LogP contribution in [0.4, 0.5) is 5.69 Å². The van der Waals surface area contributed by atoms with E-state index in [1.165, 1.54) is 64.2 Å². The Morgan fingerprint density at radius 1 is 1.12 bits per heavy atom. The Balaban J connectivity index is 1.64. The highest BCUT2D eigenvalue weighted by Crippen LogP contribution is 2.25. The molecule has 2 saturated carbocycles. The maximum atomic E-state index is 11.0. The van der Waals surface area contributed by atoms with Crippen LogP contribution in [-0.4, -0.2) is 22.2 Å². The van der Waals surface area contributed by atoms with Crippen molar-refractivity contribution in [2.24, 2.45) is 4.99 Å². The van der Waals surface area contributed by atoms with Crippen molar-refractivity contribution in [2.75, 3.05) is 0 Å². The highest BCUT2D eigenvalue weighted by atomic mass is 32.2. The second kappa shape index (κ2) is 9.95.